The van der Waals surface area contributed by atoms with Crippen LogP contribution in [0.25, 0.3) is 0 Å². The van der Waals surface area contributed by atoms with E-state index in [4.69, 9.17) is 0 Å². The quantitative estimate of drug-likeness (QED) is 0.143. The van der Waals surface area contributed by atoms with Gasteiger partial charge in [-0.25, -0.2) is 9.87 Å². The average Bonchev–Trinajstić information content (AvgIpc) is 3.37. The van der Waals surface area contributed by atoms with E-state index in [-0.39, 0.29) is 50.1 Å². The minimum atomic E-state index is -1.34. The number of likely N-dealkylation sites (tertiary alicyclic amines) is 1. The molecule has 3 unspecified atom stereocenters. The van der Waals surface area contributed by atoms with Crippen molar-refractivity contribution < 1.29 is 33.6 Å². The summed E-state index contributed by atoms with van der Waals surface area (Å²) >= 11 is 0. The number of carbonyl (C=O) groups excluding carboxylic acids is 5. The van der Waals surface area contributed by atoms with Crippen molar-refractivity contribution in [2.75, 3.05) is 20.1 Å². The number of amides is 5. The Balaban J connectivity index is 2.13. The van der Waals surface area contributed by atoms with E-state index in [1.807, 2.05) is 13.8 Å². The number of unbranched alkanes of at least 4 members (excludes halogenated alkanes) is 2. The normalized spacial score (nSPS) is 18.6. The Morgan fingerprint density at radius 1 is 1.10 bits per heavy atom. The Hall–Kier alpha value is -3.54. The molecule has 5 amide bonds. The molecule has 0 saturated carbocycles. The van der Waals surface area contributed by atoms with Gasteiger partial charge >= 0.3 is 0 Å². The van der Waals surface area contributed by atoms with Gasteiger partial charge in [-0.2, -0.15) is 0 Å². The molecule has 0 aromatic heterocycles. The van der Waals surface area contributed by atoms with Crippen LogP contribution in [0.5, 0.6) is 0 Å². The lowest BCUT2D eigenvalue weighted by molar-refractivity contribution is -0.148. The van der Waals surface area contributed by atoms with E-state index in [2.05, 4.69) is 10.6 Å². The number of hydrogen-bond acceptors (Lipinski definition) is 6. The van der Waals surface area contributed by atoms with Crippen molar-refractivity contribution in [3.8, 4) is 0 Å². The average molecular weight is 578 g/mol. The lowest BCUT2D eigenvalue weighted by atomic mass is 9.95. The fourth-order valence-corrected chi connectivity index (χ4v) is 5.00. The number of halogens is 1. The van der Waals surface area contributed by atoms with Gasteiger partial charge in [0.2, 0.25) is 17.7 Å². The first kappa shape index (κ1) is 33.7. The first-order valence-electron chi connectivity index (χ1n) is 14.3. The molecule has 0 aliphatic carbocycles. The minimum Gasteiger partial charge on any atom is -0.352 e. The van der Waals surface area contributed by atoms with E-state index in [0.717, 1.165) is 12.8 Å². The Labute approximate surface area is 241 Å². The molecule has 1 fully saturated rings. The van der Waals surface area contributed by atoms with Crippen molar-refractivity contribution in [2.45, 2.75) is 90.0 Å². The van der Waals surface area contributed by atoms with Crippen LogP contribution in [-0.4, -0.2) is 89.0 Å². The number of rotatable bonds is 15. The van der Waals surface area contributed by atoms with Crippen molar-refractivity contribution in [2.24, 2.45) is 5.92 Å². The highest BCUT2D eigenvalue weighted by molar-refractivity contribution is 5.95. The first-order valence-corrected chi connectivity index (χ1v) is 14.3. The monoisotopic (exact) mass is 577 g/mol. The van der Waals surface area contributed by atoms with Gasteiger partial charge < -0.3 is 20.4 Å². The Morgan fingerprint density at radius 3 is 2.39 bits per heavy atom. The molecule has 4 N–H and O–H groups in total. The number of likely N-dealkylation sites (N-methyl/N-ethyl adjacent to an activating group) is 1. The predicted octanol–water partition coefficient (Wildman–Crippen LogP) is 2.19. The van der Waals surface area contributed by atoms with E-state index in [1.165, 1.54) is 22.3 Å². The standard InChI is InChI=1S/C29H44FN5O6/c1-5-7-9-14-24(36)35-18-21(30)17-23(35)29(40)34(4)25(19(3)6-2)28(39)32-22(27(38)33-41)15-16-31-26(37)20-12-10-8-11-13-20/h8,10-13,19,21-23,25,41H,5-7,9,14-18H2,1-4H3,(H,31,37)(H,32,39)(H,33,38)/t19?,21?,22-,23?,25-/m0/s1. The van der Waals surface area contributed by atoms with Gasteiger partial charge in [0.05, 0.1) is 6.54 Å². The number of hydrogen-bond donors (Lipinski definition) is 4. The molecule has 0 radical (unpaired) electrons. The first-order chi connectivity index (χ1) is 19.5. The zero-order chi connectivity index (χ0) is 30.5. The van der Waals surface area contributed by atoms with Crippen molar-refractivity contribution in [1.82, 2.24) is 25.9 Å². The van der Waals surface area contributed by atoms with Gasteiger partial charge in [-0.05, 0) is 30.9 Å². The van der Waals surface area contributed by atoms with E-state index in [1.54, 1.807) is 37.3 Å². The number of alkyl halides is 1. The number of nitrogens with zero attached hydrogens (tertiary/aromatic N) is 2. The molecule has 2 rings (SSSR count). The maximum Gasteiger partial charge on any atom is 0.265 e. The summed E-state index contributed by atoms with van der Waals surface area (Å²) in [7, 11) is 1.44. The maximum atomic E-state index is 14.4. The van der Waals surface area contributed by atoms with E-state index in [0.29, 0.717) is 18.4 Å². The number of carbonyl (C=O) groups is 5. The molecular formula is C29H44FN5O6. The minimum absolute atomic E-state index is 0.0178. The van der Waals surface area contributed by atoms with Crippen molar-refractivity contribution in [3.63, 3.8) is 0 Å². The third kappa shape index (κ3) is 9.51. The molecule has 0 bridgehead atoms. The lowest BCUT2D eigenvalue weighted by Crippen LogP contribution is -2.58. The van der Waals surface area contributed by atoms with Crippen molar-refractivity contribution in [1.29, 1.82) is 0 Å². The van der Waals surface area contributed by atoms with Gasteiger partial charge in [0.1, 0.15) is 24.3 Å². The third-order valence-electron chi connectivity index (χ3n) is 7.56. The van der Waals surface area contributed by atoms with E-state index in [9.17, 15) is 33.6 Å². The van der Waals surface area contributed by atoms with Crippen LogP contribution in [0.4, 0.5) is 4.39 Å². The van der Waals surface area contributed by atoms with Crippen LogP contribution in [0.15, 0.2) is 30.3 Å². The molecule has 5 atom stereocenters. The summed E-state index contributed by atoms with van der Waals surface area (Å²) in [5, 5.41) is 14.5. The third-order valence-corrected chi connectivity index (χ3v) is 7.56. The summed E-state index contributed by atoms with van der Waals surface area (Å²) in [6, 6.07) is 5.20. The van der Waals surface area contributed by atoms with Crippen LogP contribution in [0, 0.1) is 5.92 Å². The van der Waals surface area contributed by atoms with Gasteiger partial charge in [0.15, 0.2) is 0 Å². The Bertz CT molecular complexity index is 1040. The summed E-state index contributed by atoms with van der Waals surface area (Å²) < 4.78 is 14.4. The second-order valence-corrected chi connectivity index (χ2v) is 10.6. The number of benzene rings is 1. The molecule has 0 spiro atoms. The molecule has 1 aliphatic heterocycles. The number of hydroxylamine groups is 1. The molecule has 12 heteroatoms. The zero-order valence-corrected chi connectivity index (χ0v) is 24.4. The van der Waals surface area contributed by atoms with Crippen molar-refractivity contribution in [3.05, 3.63) is 35.9 Å². The Kier molecular flexibility index (Phi) is 13.7. The van der Waals surface area contributed by atoms with Crippen LogP contribution in [0.3, 0.4) is 0 Å². The highest BCUT2D eigenvalue weighted by Gasteiger charge is 2.43. The van der Waals surface area contributed by atoms with Gasteiger partial charge in [0.25, 0.3) is 11.8 Å². The predicted molar refractivity (Wildman–Crippen MR) is 150 cm³/mol. The zero-order valence-electron chi connectivity index (χ0n) is 24.4. The van der Waals surface area contributed by atoms with Crippen LogP contribution in [0.2, 0.25) is 0 Å². The lowest BCUT2D eigenvalue weighted by Gasteiger charge is -2.35. The summed E-state index contributed by atoms with van der Waals surface area (Å²) in [5.74, 6) is -3.08. The molecule has 1 aromatic rings. The molecule has 1 saturated heterocycles. The maximum absolute atomic E-state index is 14.4. The van der Waals surface area contributed by atoms with Crippen LogP contribution < -0.4 is 16.1 Å². The molecule has 1 aromatic carbocycles. The summed E-state index contributed by atoms with van der Waals surface area (Å²) in [6.07, 6.45) is 1.64. The summed E-state index contributed by atoms with van der Waals surface area (Å²) in [6.45, 7) is 5.48. The van der Waals surface area contributed by atoms with Crippen LogP contribution in [0.1, 0.15) is 76.1 Å². The largest absolute Gasteiger partial charge is 0.352 e. The fraction of sp³-hybridized carbons (Fsp3) is 0.621. The molecule has 41 heavy (non-hydrogen) atoms. The topological polar surface area (TPSA) is 148 Å². The van der Waals surface area contributed by atoms with Crippen LogP contribution in [-0.2, 0) is 19.2 Å². The highest BCUT2D eigenvalue weighted by Crippen LogP contribution is 2.26. The molecule has 228 valence electrons. The van der Waals surface area contributed by atoms with Crippen molar-refractivity contribution >= 4 is 29.5 Å². The van der Waals surface area contributed by atoms with E-state index < -0.39 is 42.0 Å². The Morgan fingerprint density at radius 2 is 1.78 bits per heavy atom. The van der Waals surface area contributed by atoms with Gasteiger partial charge in [-0.1, -0.05) is 58.2 Å². The second-order valence-electron chi connectivity index (χ2n) is 10.6. The highest BCUT2D eigenvalue weighted by atomic mass is 19.1. The smallest absolute Gasteiger partial charge is 0.265 e. The molecule has 1 heterocycles. The second kappa shape index (κ2) is 16.7. The summed E-state index contributed by atoms with van der Waals surface area (Å²) in [5.41, 5.74) is 1.96. The van der Waals surface area contributed by atoms with Crippen LogP contribution >= 0.6 is 0 Å². The van der Waals surface area contributed by atoms with E-state index >= 15 is 0 Å². The number of nitrogens with one attached hydrogen (secondary N) is 3. The SMILES string of the molecule is CCCCCC(=O)N1CC(F)CC1C(=O)N(C)[C@H](C(=O)N[C@@H](CCNC(=O)c1ccccc1)C(=O)NO)C(C)CC. The fourth-order valence-electron chi connectivity index (χ4n) is 5.00. The molecular weight excluding hydrogens is 533 g/mol. The molecule has 11 nitrogen and oxygen atoms in total. The van der Waals surface area contributed by atoms with Gasteiger partial charge in [-0.15, -0.1) is 0 Å². The summed E-state index contributed by atoms with van der Waals surface area (Å²) in [4.78, 5) is 67.1. The van der Waals surface area contributed by atoms with Gasteiger partial charge in [-0.3, -0.25) is 29.2 Å². The van der Waals surface area contributed by atoms with Gasteiger partial charge in [0, 0.05) is 32.0 Å². The molecule has 1 aliphatic rings.